The summed E-state index contributed by atoms with van der Waals surface area (Å²) in [5.74, 6) is 1.15. The maximum Gasteiger partial charge on any atom is 0.103 e. The molecule has 0 aliphatic rings. The van der Waals surface area contributed by atoms with Gasteiger partial charge < -0.3 is 9.80 Å². The van der Waals surface area contributed by atoms with Crippen LogP contribution in [0.2, 0.25) is 0 Å². The van der Waals surface area contributed by atoms with Crippen molar-refractivity contribution in [2.75, 3.05) is 22.5 Å². The molecule has 2 nitrogen and oxygen atoms in total. The van der Waals surface area contributed by atoms with Crippen LogP contribution < -0.4 is 9.80 Å². The van der Waals surface area contributed by atoms with Crippen molar-refractivity contribution in [2.24, 2.45) is 0 Å². The number of benzene rings is 2. The number of halogens is 2. The predicted octanol–water partition coefficient (Wildman–Crippen LogP) is 8.80. The monoisotopic (exact) mass is 460 g/mol. The summed E-state index contributed by atoms with van der Waals surface area (Å²) in [5.41, 5.74) is 7.52. The van der Waals surface area contributed by atoms with Crippen molar-refractivity contribution < 1.29 is 0 Å². The number of nitrogens with zero attached hydrogens (tertiary/aromatic N) is 2. The third-order valence-corrected chi connectivity index (χ3v) is 6.32. The van der Waals surface area contributed by atoms with Crippen molar-refractivity contribution in [1.82, 2.24) is 0 Å². The van der Waals surface area contributed by atoms with Crippen molar-refractivity contribution in [3.8, 4) is 0 Å². The van der Waals surface area contributed by atoms with E-state index in [1.165, 1.54) is 27.9 Å². The molecule has 2 rings (SSSR count). The number of rotatable bonds is 10. The quantitative estimate of drug-likeness (QED) is 0.198. The van der Waals surface area contributed by atoms with E-state index in [0.717, 1.165) is 12.1 Å². The SMILES string of the molecule is C=C(Cl)N(CN(CCl)c1c(C(C)C)cccc1C(C)C)c1c(CC)cccc1C(C)C. The highest BCUT2D eigenvalue weighted by Gasteiger charge is 2.24. The molecule has 0 saturated carbocycles. The Labute approximate surface area is 199 Å². The highest BCUT2D eigenvalue weighted by molar-refractivity contribution is 6.31. The van der Waals surface area contributed by atoms with E-state index in [2.05, 4.69) is 101 Å². The largest absolute Gasteiger partial charge is 0.339 e. The standard InChI is InChI=1S/C27H38Cl2N2/c1-9-22-12-10-13-23(18(2)3)26(22)31(21(8)29)17-30(16-28)27-24(19(4)5)14-11-15-25(27)20(6)7/h10-15,18-20H,8-9,16-17H2,1-7H3. The van der Waals surface area contributed by atoms with Crippen molar-refractivity contribution in [3.63, 3.8) is 0 Å². The van der Waals surface area contributed by atoms with E-state index in [1.54, 1.807) is 0 Å². The molecule has 0 radical (unpaired) electrons. The Morgan fingerprint density at radius 3 is 1.68 bits per heavy atom. The fraction of sp³-hybridized carbons (Fsp3) is 0.481. The van der Waals surface area contributed by atoms with Crippen LogP contribution in [0.25, 0.3) is 0 Å². The van der Waals surface area contributed by atoms with Gasteiger partial charge in [-0.1, -0.05) is 103 Å². The van der Waals surface area contributed by atoms with Crippen LogP contribution in [0.1, 0.15) is 88.5 Å². The minimum Gasteiger partial charge on any atom is -0.339 e. The first-order chi connectivity index (χ1) is 14.6. The van der Waals surface area contributed by atoms with Crippen LogP contribution in [0.5, 0.6) is 0 Å². The Balaban J connectivity index is 2.66. The predicted molar refractivity (Wildman–Crippen MR) is 140 cm³/mol. The summed E-state index contributed by atoms with van der Waals surface area (Å²) in [4.78, 5) is 4.36. The summed E-state index contributed by atoms with van der Waals surface area (Å²) in [6, 6.07) is 13.5. The summed E-state index contributed by atoms with van der Waals surface area (Å²) >= 11 is 13.2. The molecule has 170 valence electrons. The molecule has 0 aromatic heterocycles. The highest BCUT2D eigenvalue weighted by atomic mass is 35.5. The molecule has 0 saturated heterocycles. The van der Waals surface area contributed by atoms with Crippen LogP contribution in [-0.2, 0) is 6.42 Å². The molecule has 0 bridgehead atoms. The second-order valence-corrected chi connectivity index (χ2v) is 9.74. The number of alkyl halides is 1. The third kappa shape index (κ3) is 5.79. The van der Waals surface area contributed by atoms with Crippen LogP contribution >= 0.6 is 23.2 Å². The van der Waals surface area contributed by atoms with Gasteiger partial charge in [-0.05, 0) is 46.4 Å². The van der Waals surface area contributed by atoms with E-state index >= 15 is 0 Å². The summed E-state index contributed by atoms with van der Waals surface area (Å²) < 4.78 is 0. The zero-order valence-corrected chi connectivity index (χ0v) is 21.7. The van der Waals surface area contributed by atoms with Gasteiger partial charge in [0.05, 0.1) is 18.4 Å². The molecule has 0 N–H and O–H groups in total. The Kier molecular flexibility index (Phi) is 9.33. The topological polar surface area (TPSA) is 6.48 Å². The van der Waals surface area contributed by atoms with E-state index in [-0.39, 0.29) is 0 Å². The first-order valence-corrected chi connectivity index (χ1v) is 12.2. The van der Waals surface area contributed by atoms with Gasteiger partial charge in [-0.3, -0.25) is 0 Å². The van der Waals surface area contributed by atoms with E-state index in [4.69, 9.17) is 23.2 Å². The van der Waals surface area contributed by atoms with Gasteiger partial charge in [0.1, 0.15) is 5.16 Å². The molecule has 4 heteroatoms. The van der Waals surface area contributed by atoms with Gasteiger partial charge in [-0.2, -0.15) is 0 Å². The molecule has 31 heavy (non-hydrogen) atoms. The molecule has 0 spiro atoms. The van der Waals surface area contributed by atoms with E-state index in [1.807, 2.05) is 0 Å². The van der Waals surface area contributed by atoms with E-state index < -0.39 is 0 Å². The van der Waals surface area contributed by atoms with Gasteiger partial charge in [0.25, 0.3) is 0 Å². The molecule has 0 fully saturated rings. The van der Waals surface area contributed by atoms with Gasteiger partial charge >= 0.3 is 0 Å². The average molecular weight is 462 g/mol. The lowest BCUT2D eigenvalue weighted by Gasteiger charge is -2.37. The fourth-order valence-electron chi connectivity index (χ4n) is 4.18. The van der Waals surface area contributed by atoms with E-state index in [9.17, 15) is 0 Å². The van der Waals surface area contributed by atoms with Crippen molar-refractivity contribution >= 4 is 34.6 Å². The van der Waals surface area contributed by atoms with Gasteiger partial charge in [-0.25, -0.2) is 0 Å². The van der Waals surface area contributed by atoms with Crippen LogP contribution in [0.4, 0.5) is 11.4 Å². The molecule has 0 aliphatic heterocycles. The fourth-order valence-corrected chi connectivity index (χ4v) is 4.51. The van der Waals surface area contributed by atoms with Crippen LogP contribution in [0.3, 0.4) is 0 Å². The zero-order chi connectivity index (χ0) is 23.3. The van der Waals surface area contributed by atoms with Gasteiger partial charge in [-0.15, -0.1) is 11.6 Å². The summed E-state index contributed by atoms with van der Waals surface area (Å²) in [7, 11) is 0. The first-order valence-electron chi connectivity index (χ1n) is 11.3. The van der Waals surface area contributed by atoms with Crippen LogP contribution in [0.15, 0.2) is 48.1 Å². The van der Waals surface area contributed by atoms with Gasteiger partial charge in [0.2, 0.25) is 0 Å². The number of anilines is 2. The molecule has 2 aromatic carbocycles. The molecule has 0 amide bonds. The lowest BCUT2D eigenvalue weighted by atomic mass is 9.92. The van der Waals surface area contributed by atoms with Gasteiger partial charge in [0, 0.05) is 5.69 Å². The Morgan fingerprint density at radius 1 is 0.839 bits per heavy atom. The van der Waals surface area contributed by atoms with Crippen LogP contribution in [-0.4, -0.2) is 12.7 Å². The minimum absolute atomic E-state index is 0.370. The average Bonchev–Trinajstić information content (AvgIpc) is 2.73. The molecule has 0 atom stereocenters. The Bertz CT molecular complexity index is 861. The van der Waals surface area contributed by atoms with Crippen LogP contribution in [0, 0.1) is 0 Å². The van der Waals surface area contributed by atoms with E-state index in [0.29, 0.717) is 35.6 Å². The molecule has 0 heterocycles. The highest BCUT2D eigenvalue weighted by Crippen LogP contribution is 2.39. The number of aryl methyl sites for hydroxylation is 1. The number of hydrogen-bond donors (Lipinski definition) is 0. The zero-order valence-electron chi connectivity index (χ0n) is 20.2. The lowest BCUT2D eigenvalue weighted by molar-refractivity contribution is 0.777. The summed E-state index contributed by atoms with van der Waals surface area (Å²) in [6.45, 7) is 20.2. The Hall–Kier alpha value is -1.64. The molecular formula is C27H38Cl2N2. The molecule has 0 aliphatic carbocycles. The Morgan fingerprint density at radius 2 is 1.29 bits per heavy atom. The van der Waals surface area contributed by atoms with Crippen molar-refractivity contribution in [2.45, 2.75) is 72.6 Å². The maximum atomic E-state index is 6.64. The van der Waals surface area contributed by atoms with Gasteiger partial charge in [0.15, 0.2) is 0 Å². The molecule has 2 aromatic rings. The van der Waals surface area contributed by atoms with Crippen molar-refractivity contribution in [1.29, 1.82) is 0 Å². The number of hydrogen-bond acceptors (Lipinski definition) is 2. The third-order valence-electron chi connectivity index (χ3n) is 5.83. The smallest absolute Gasteiger partial charge is 0.103 e. The minimum atomic E-state index is 0.370. The summed E-state index contributed by atoms with van der Waals surface area (Å²) in [6.07, 6.45) is 0.928. The normalized spacial score (nSPS) is 11.5. The second kappa shape index (κ2) is 11.3. The number of para-hydroxylation sites is 2. The lowest BCUT2D eigenvalue weighted by Crippen LogP contribution is -2.38. The maximum absolute atomic E-state index is 6.64. The molecular weight excluding hydrogens is 423 g/mol. The first kappa shape index (κ1) is 25.6. The molecule has 0 unspecified atom stereocenters. The second-order valence-electron chi connectivity index (χ2n) is 9.06. The van der Waals surface area contributed by atoms with Crippen molar-refractivity contribution in [3.05, 3.63) is 70.4 Å². The summed E-state index contributed by atoms with van der Waals surface area (Å²) in [5, 5.41) is 0.506.